The number of nitrogens with zero attached hydrogens (tertiary/aromatic N) is 1. The van der Waals surface area contributed by atoms with E-state index in [9.17, 15) is 9.90 Å². The van der Waals surface area contributed by atoms with Gasteiger partial charge in [-0.25, -0.2) is 0 Å². The van der Waals surface area contributed by atoms with Crippen molar-refractivity contribution in [2.45, 2.75) is 60.4 Å². The predicted molar refractivity (Wildman–Crippen MR) is 76.7 cm³/mol. The average Bonchev–Trinajstić information content (AvgIpc) is 2.20. The highest BCUT2D eigenvalue weighted by Gasteiger charge is 2.28. The van der Waals surface area contributed by atoms with Gasteiger partial charge in [0.05, 0.1) is 0 Å². The van der Waals surface area contributed by atoms with Crippen LogP contribution in [0.1, 0.15) is 54.4 Å². The fourth-order valence-electron chi connectivity index (χ4n) is 2.10. The monoisotopic (exact) mass is 257 g/mol. The number of carboxylic acids is 1. The van der Waals surface area contributed by atoms with E-state index >= 15 is 0 Å². The molecule has 0 aliphatic heterocycles. The SMILES string of the molecule is CC(C)CCN(CCC(C)C)C(C(=O)O)C(C)C. The molecular formula is C15H31NO2. The van der Waals surface area contributed by atoms with Gasteiger partial charge in [0.15, 0.2) is 0 Å². The smallest absolute Gasteiger partial charge is 0.321 e. The zero-order valence-corrected chi connectivity index (χ0v) is 12.9. The van der Waals surface area contributed by atoms with Crippen LogP contribution < -0.4 is 0 Å². The predicted octanol–water partition coefficient (Wildman–Crippen LogP) is 3.49. The summed E-state index contributed by atoms with van der Waals surface area (Å²) < 4.78 is 0. The van der Waals surface area contributed by atoms with E-state index < -0.39 is 5.97 Å². The van der Waals surface area contributed by atoms with E-state index in [-0.39, 0.29) is 12.0 Å². The van der Waals surface area contributed by atoms with E-state index in [0.29, 0.717) is 11.8 Å². The highest BCUT2D eigenvalue weighted by molar-refractivity contribution is 5.73. The second-order valence-electron chi connectivity index (χ2n) is 6.43. The summed E-state index contributed by atoms with van der Waals surface area (Å²) in [6.07, 6.45) is 2.13. The van der Waals surface area contributed by atoms with Crippen LogP contribution in [0.5, 0.6) is 0 Å². The molecule has 0 heterocycles. The van der Waals surface area contributed by atoms with Crippen molar-refractivity contribution in [3.05, 3.63) is 0 Å². The summed E-state index contributed by atoms with van der Waals surface area (Å²) in [5, 5.41) is 9.40. The van der Waals surface area contributed by atoms with Gasteiger partial charge in [-0.15, -0.1) is 0 Å². The van der Waals surface area contributed by atoms with Crippen LogP contribution in [-0.4, -0.2) is 35.1 Å². The lowest BCUT2D eigenvalue weighted by Crippen LogP contribution is -2.46. The van der Waals surface area contributed by atoms with Gasteiger partial charge >= 0.3 is 5.97 Å². The molecule has 3 nitrogen and oxygen atoms in total. The Kier molecular flexibility index (Phi) is 8.25. The lowest BCUT2D eigenvalue weighted by atomic mass is 10.00. The van der Waals surface area contributed by atoms with Crippen molar-refractivity contribution in [3.8, 4) is 0 Å². The third kappa shape index (κ3) is 7.00. The Balaban J connectivity index is 4.63. The van der Waals surface area contributed by atoms with Gasteiger partial charge in [0, 0.05) is 0 Å². The molecule has 0 rings (SSSR count). The molecule has 0 saturated heterocycles. The van der Waals surface area contributed by atoms with Crippen molar-refractivity contribution in [1.82, 2.24) is 4.90 Å². The molecule has 0 aliphatic rings. The lowest BCUT2D eigenvalue weighted by molar-refractivity contribution is -0.145. The maximum atomic E-state index is 11.4. The summed E-state index contributed by atoms with van der Waals surface area (Å²) in [6.45, 7) is 14.5. The van der Waals surface area contributed by atoms with Crippen LogP contribution in [0.15, 0.2) is 0 Å². The second kappa shape index (κ2) is 8.52. The van der Waals surface area contributed by atoms with Crippen LogP contribution in [0.25, 0.3) is 0 Å². The quantitative estimate of drug-likeness (QED) is 0.687. The Labute approximate surface area is 113 Å². The minimum absolute atomic E-state index is 0.154. The van der Waals surface area contributed by atoms with Gasteiger partial charge in [0.2, 0.25) is 0 Å². The molecule has 0 aromatic carbocycles. The summed E-state index contributed by atoms with van der Waals surface area (Å²) >= 11 is 0. The molecule has 1 atom stereocenters. The minimum Gasteiger partial charge on any atom is -0.480 e. The summed E-state index contributed by atoms with van der Waals surface area (Å²) in [6, 6.07) is -0.345. The van der Waals surface area contributed by atoms with Crippen molar-refractivity contribution < 1.29 is 9.90 Å². The molecule has 0 spiro atoms. The maximum absolute atomic E-state index is 11.4. The van der Waals surface area contributed by atoms with Gasteiger partial charge in [-0.05, 0) is 43.7 Å². The molecule has 0 aliphatic carbocycles. The van der Waals surface area contributed by atoms with Crippen LogP contribution in [0, 0.1) is 17.8 Å². The first kappa shape index (κ1) is 17.4. The largest absolute Gasteiger partial charge is 0.480 e. The molecule has 0 bridgehead atoms. The molecule has 0 aromatic rings. The lowest BCUT2D eigenvalue weighted by Gasteiger charge is -2.32. The molecule has 0 amide bonds. The van der Waals surface area contributed by atoms with Gasteiger partial charge in [0.25, 0.3) is 0 Å². The van der Waals surface area contributed by atoms with Crippen LogP contribution >= 0.6 is 0 Å². The number of carboxylic acid groups (broad SMARTS) is 1. The van der Waals surface area contributed by atoms with Crippen LogP contribution in [-0.2, 0) is 4.79 Å². The minimum atomic E-state index is -0.683. The highest BCUT2D eigenvalue weighted by atomic mass is 16.4. The first-order valence-electron chi connectivity index (χ1n) is 7.22. The Bertz CT molecular complexity index is 225. The number of hydrogen-bond acceptors (Lipinski definition) is 2. The number of carbonyl (C=O) groups is 1. The van der Waals surface area contributed by atoms with Gasteiger partial charge in [-0.3, -0.25) is 9.69 Å². The van der Waals surface area contributed by atoms with Gasteiger partial charge in [0.1, 0.15) is 6.04 Å². The molecule has 18 heavy (non-hydrogen) atoms. The molecular weight excluding hydrogens is 226 g/mol. The van der Waals surface area contributed by atoms with E-state index in [0.717, 1.165) is 25.9 Å². The van der Waals surface area contributed by atoms with Crippen LogP contribution in [0.2, 0.25) is 0 Å². The third-order valence-corrected chi connectivity index (χ3v) is 3.27. The Morgan fingerprint density at radius 3 is 1.56 bits per heavy atom. The Morgan fingerprint density at radius 1 is 0.944 bits per heavy atom. The average molecular weight is 257 g/mol. The van der Waals surface area contributed by atoms with Gasteiger partial charge in [-0.1, -0.05) is 41.5 Å². The fraction of sp³-hybridized carbons (Fsp3) is 0.933. The molecule has 108 valence electrons. The van der Waals surface area contributed by atoms with E-state index in [2.05, 4.69) is 32.6 Å². The molecule has 0 radical (unpaired) electrons. The number of aliphatic carboxylic acids is 1. The van der Waals surface area contributed by atoms with Crippen molar-refractivity contribution >= 4 is 5.97 Å². The summed E-state index contributed by atoms with van der Waals surface area (Å²) in [5.74, 6) is 0.709. The van der Waals surface area contributed by atoms with Crippen LogP contribution in [0.3, 0.4) is 0 Å². The van der Waals surface area contributed by atoms with Gasteiger partial charge < -0.3 is 5.11 Å². The topological polar surface area (TPSA) is 40.5 Å². The zero-order valence-electron chi connectivity index (χ0n) is 12.9. The normalized spacial score (nSPS) is 13.9. The summed E-state index contributed by atoms with van der Waals surface area (Å²) in [7, 11) is 0. The summed E-state index contributed by atoms with van der Waals surface area (Å²) in [5.41, 5.74) is 0. The number of rotatable bonds is 9. The molecule has 0 aromatic heterocycles. The Morgan fingerprint density at radius 2 is 1.33 bits per heavy atom. The van der Waals surface area contributed by atoms with Gasteiger partial charge in [-0.2, -0.15) is 0 Å². The second-order valence-corrected chi connectivity index (χ2v) is 6.43. The highest BCUT2D eigenvalue weighted by Crippen LogP contribution is 2.16. The van der Waals surface area contributed by atoms with E-state index in [1.54, 1.807) is 0 Å². The number of hydrogen-bond donors (Lipinski definition) is 1. The molecule has 0 saturated carbocycles. The summed E-state index contributed by atoms with van der Waals surface area (Å²) in [4.78, 5) is 13.6. The van der Waals surface area contributed by atoms with Crippen molar-refractivity contribution in [2.75, 3.05) is 13.1 Å². The zero-order chi connectivity index (χ0) is 14.3. The first-order valence-corrected chi connectivity index (χ1v) is 7.22. The van der Waals surface area contributed by atoms with Crippen LogP contribution in [0.4, 0.5) is 0 Å². The molecule has 0 fully saturated rings. The Hall–Kier alpha value is -0.570. The van der Waals surface area contributed by atoms with E-state index in [1.807, 2.05) is 13.8 Å². The first-order chi connectivity index (χ1) is 8.25. The van der Waals surface area contributed by atoms with E-state index in [1.165, 1.54) is 0 Å². The molecule has 1 N–H and O–H groups in total. The van der Waals surface area contributed by atoms with E-state index in [4.69, 9.17) is 0 Å². The maximum Gasteiger partial charge on any atom is 0.321 e. The fourth-order valence-corrected chi connectivity index (χ4v) is 2.10. The van der Waals surface area contributed by atoms with Crippen molar-refractivity contribution in [2.24, 2.45) is 17.8 Å². The molecule has 3 heteroatoms. The van der Waals surface area contributed by atoms with Crippen molar-refractivity contribution in [1.29, 1.82) is 0 Å². The third-order valence-electron chi connectivity index (χ3n) is 3.27. The van der Waals surface area contributed by atoms with Crippen molar-refractivity contribution in [3.63, 3.8) is 0 Å². The standard InChI is InChI=1S/C15H31NO2/c1-11(2)7-9-16(10-8-12(3)4)14(13(5)6)15(17)18/h11-14H,7-10H2,1-6H3,(H,17,18). The molecule has 1 unspecified atom stereocenters.